The highest BCUT2D eigenvalue weighted by Crippen LogP contribution is 2.25. The topological polar surface area (TPSA) is 85.2 Å². The van der Waals surface area contributed by atoms with Gasteiger partial charge in [-0.05, 0) is 24.3 Å². The lowest BCUT2D eigenvalue weighted by Crippen LogP contribution is -2.35. The lowest BCUT2D eigenvalue weighted by atomic mass is 10.1. The molecular weight excluding hydrogens is 424 g/mol. The van der Waals surface area contributed by atoms with Crippen molar-refractivity contribution in [3.05, 3.63) is 77.7 Å². The molecule has 0 bridgehead atoms. The average molecular weight is 447 g/mol. The Balaban J connectivity index is 1.39. The van der Waals surface area contributed by atoms with Crippen molar-refractivity contribution < 1.29 is 9.53 Å². The molecule has 4 aromatic rings. The molecule has 0 saturated carbocycles. The van der Waals surface area contributed by atoms with Gasteiger partial charge in [0.15, 0.2) is 5.13 Å². The molecule has 9 heteroatoms. The number of aromatic nitrogens is 4. The quantitative estimate of drug-likeness (QED) is 0.488. The molecule has 0 radical (unpaired) electrons. The van der Waals surface area contributed by atoms with Crippen molar-refractivity contribution >= 4 is 22.4 Å². The summed E-state index contributed by atoms with van der Waals surface area (Å²) in [7, 11) is 0. The maximum absolute atomic E-state index is 13.2. The van der Waals surface area contributed by atoms with Crippen LogP contribution in [0.5, 0.6) is 0 Å². The predicted octanol–water partition coefficient (Wildman–Crippen LogP) is 3.48. The number of pyridine rings is 1. The van der Waals surface area contributed by atoms with E-state index in [0.29, 0.717) is 16.4 Å². The Labute approximate surface area is 189 Å². The van der Waals surface area contributed by atoms with Crippen LogP contribution in [0.1, 0.15) is 16.1 Å². The maximum Gasteiger partial charge on any atom is 0.261 e. The molecule has 8 nitrogen and oxygen atoms in total. The summed E-state index contributed by atoms with van der Waals surface area (Å²) >= 11 is 1.43. The Bertz CT molecular complexity index is 1190. The van der Waals surface area contributed by atoms with Crippen LogP contribution in [0, 0.1) is 0 Å². The highest BCUT2D eigenvalue weighted by atomic mass is 32.1. The van der Waals surface area contributed by atoms with Crippen molar-refractivity contribution in [2.24, 2.45) is 0 Å². The van der Waals surface area contributed by atoms with Gasteiger partial charge in [-0.3, -0.25) is 20.0 Å². The van der Waals surface area contributed by atoms with Gasteiger partial charge in [0, 0.05) is 49.2 Å². The zero-order chi connectivity index (χ0) is 21.8. The molecule has 1 N–H and O–H groups in total. The van der Waals surface area contributed by atoms with Crippen LogP contribution in [-0.2, 0) is 11.3 Å². The average Bonchev–Trinajstić information content (AvgIpc) is 3.48. The number of nitrogens with zero attached hydrogens (tertiary/aromatic N) is 5. The van der Waals surface area contributed by atoms with Crippen LogP contribution < -0.4 is 5.32 Å². The van der Waals surface area contributed by atoms with E-state index in [-0.39, 0.29) is 5.91 Å². The second-order valence-corrected chi connectivity index (χ2v) is 8.26. The van der Waals surface area contributed by atoms with E-state index in [0.717, 1.165) is 49.8 Å². The normalized spacial score (nSPS) is 14.4. The molecule has 0 aliphatic carbocycles. The van der Waals surface area contributed by atoms with E-state index >= 15 is 0 Å². The molecule has 1 fully saturated rings. The minimum Gasteiger partial charge on any atom is -0.379 e. The minimum atomic E-state index is -0.252. The van der Waals surface area contributed by atoms with Crippen molar-refractivity contribution in [2.45, 2.75) is 6.54 Å². The smallest absolute Gasteiger partial charge is 0.261 e. The molecule has 1 aliphatic heterocycles. The van der Waals surface area contributed by atoms with Gasteiger partial charge in [0.05, 0.1) is 30.2 Å². The number of carbonyl (C=O) groups excluding carboxylic acids is 1. The first-order valence-electron chi connectivity index (χ1n) is 10.4. The summed E-state index contributed by atoms with van der Waals surface area (Å²) in [5.41, 5.74) is 3.63. The van der Waals surface area contributed by atoms with Gasteiger partial charge in [-0.1, -0.05) is 18.2 Å². The Morgan fingerprint density at radius 3 is 2.75 bits per heavy atom. The highest BCUT2D eigenvalue weighted by molar-refractivity contribution is 7.14. The molecular formula is C23H22N6O2S. The third kappa shape index (κ3) is 4.59. The number of carbonyl (C=O) groups is 1. The van der Waals surface area contributed by atoms with Crippen molar-refractivity contribution in [3.63, 3.8) is 0 Å². The molecule has 4 heterocycles. The van der Waals surface area contributed by atoms with Gasteiger partial charge in [-0.25, -0.2) is 9.67 Å². The molecule has 0 spiro atoms. The summed E-state index contributed by atoms with van der Waals surface area (Å²) in [4.78, 5) is 24.3. The molecule has 1 aliphatic rings. The SMILES string of the molecule is O=C(Nc1nc(CN2CCOCC2)cs1)c1cn(-c2ccccc2)nc1-c1cccnc1. The Morgan fingerprint density at radius 1 is 1.12 bits per heavy atom. The van der Waals surface area contributed by atoms with Gasteiger partial charge in [-0.15, -0.1) is 11.3 Å². The van der Waals surface area contributed by atoms with E-state index in [1.807, 2.05) is 47.8 Å². The lowest BCUT2D eigenvalue weighted by Gasteiger charge is -2.25. The molecule has 1 amide bonds. The Morgan fingerprint density at radius 2 is 1.97 bits per heavy atom. The minimum absolute atomic E-state index is 0.252. The van der Waals surface area contributed by atoms with Crippen LogP contribution in [0.15, 0.2) is 66.4 Å². The first-order valence-corrected chi connectivity index (χ1v) is 11.3. The summed E-state index contributed by atoms with van der Waals surface area (Å²) in [6, 6.07) is 13.4. The zero-order valence-corrected chi connectivity index (χ0v) is 18.2. The number of hydrogen-bond donors (Lipinski definition) is 1. The molecule has 0 atom stereocenters. The van der Waals surface area contributed by atoms with Crippen molar-refractivity contribution in [3.8, 4) is 16.9 Å². The van der Waals surface area contributed by atoms with Gasteiger partial charge in [-0.2, -0.15) is 5.10 Å². The standard InChI is InChI=1S/C23H22N6O2S/c30-22(26-23-25-18(16-32-23)14-28-9-11-31-12-10-28)20-15-29(19-6-2-1-3-7-19)27-21(20)17-5-4-8-24-13-17/h1-8,13,15-16H,9-12,14H2,(H,25,26,30). The third-order valence-corrected chi connectivity index (χ3v) is 5.98. The number of para-hydroxylation sites is 1. The monoisotopic (exact) mass is 446 g/mol. The summed E-state index contributed by atoms with van der Waals surface area (Å²) in [5, 5.41) is 10.2. The zero-order valence-electron chi connectivity index (χ0n) is 17.3. The van der Waals surface area contributed by atoms with Gasteiger partial charge in [0.2, 0.25) is 0 Å². The summed E-state index contributed by atoms with van der Waals surface area (Å²) < 4.78 is 7.11. The number of rotatable bonds is 6. The van der Waals surface area contributed by atoms with Crippen molar-refractivity contribution in [1.82, 2.24) is 24.6 Å². The first-order chi connectivity index (χ1) is 15.8. The second kappa shape index (κ2) is 9.39. The second-order valence-electron chi connectivity index (χ2n) is 7.40. The summed E-state index contributed by atoms with van der Waals surface area (Å²) in [5.74, 6) is -0.252. The van der Waals surface area contributed by atoms with Crippen LogP contribution in [0.4, 0.5) is 5.13 Å². The van der Waals surface area contributed by atoms with Crippen LogP contribution >= 0.6 is 11.3 Å². The fourth-order valence-corrected chi connectivity index (χ4v) is 4.26. The molecule has 32 heavy (non-hydrogen) atoms. The summed E-state index contributed by atoms with van der Waals surface area (Å²) in [6.45, 7) is 4.04. The number of benzene rings is 1. The van der Waals surface area contributed by atoms with E-state index in [2.05, 4.69) is 25.3 Å². The first kappa shape index (κ1) is 20.5. The van der Waals surface area contributed by atoms with E-state index in [9.17, 15) is 4.79 Å². The number of thiazole rings is 1. The van der Waals surface area contributed by atoms with Crippen molar-refractivity contribution in [1.29, 1.82) is 0 Å². The number of nitrogens with one attached hydrogen (secondary N) is 1. The third-order valence-electron chi connectivity index (χ3n) is 5.18. The largest absolute Gasteiger partial charge is 0.379 e. The number of anilines is 1. The number of morpholine rings is 1. The number of amides is 1. The molecule has 0 unspecified atom stereocenters. The van der Waals surface area contributed by atoms with Crippen LogP contribution in [0.3, 0.4) is 0 Å². The van der Waals surface area contributed by atoms with Crippen molar-refractivity contribution in [2.75, 3.05) is 31.6 Å². The number of hydrogen-bond acceptors (Lipinski definition) is 7. The van der Waals surface area contributed by atoms with E-state index in [1.165, 1.54) is 11.3 Å². The fraction of sp³-hybridized carbons (Fsp3) is 0.217. The van der Waals surface area contributed by atoms with Gasteiger partial charge >= 0.3 is 0 Å². The highest BCUT2D eigenvalue weighted by Gasteiger charge is 2.20. The van der Waals surface area contributed by atoms with E-state index in [4.69, 9.17) is 4.74 Å². The fourth-order valence-electron chi connectivity index (χ4n) is 3.56. The van der Waals surface area contributed by atoms with E-state index < -0.39 is 0 Å². The lowest BCUT2D eigenvalue weighted by molar-refractivity contribution is 0.0337. The number of ether oxygens (including phenoxy) is 1. The van der Waals surface area contributed by atoms with Gasteiger partial charge in [0.25, 0.3) is 5.91 Å². The molecule has 5 rings (SSSR count). The Hall–Kier alpha value is -3.40. The van der Waals surface area contributed by atoms with Crippen LogP contribution in [0.25, 0.3) is 16.9 Å². The molecule has 1 aromatic carbocycles. The Kier molecular flexibility index (Phi) is 6.02. The summed E-state index contributed by atoms with van der Waals surface area (Å²) in [6.07, 6.45) is 5.15. The van der Waals surface area contributed by atoms with Crippen LogP contribution in [0.2, 0.25) is 0 Å². The van der Waals surface area contributed by atoms with Crippen LogP contribution in [-0.4, -0.2) is 56.9 Å². The van der Waals surface area contributed by atoms with Gasteiger partial charge in [0.1, 0.15) is 5.69 Å². The maximum atomic E-state index is 13.2. The molecule has 1 saturated heterocycles. The van der Waals surface area contributed by atoms with Gasteiger partial charge < -0.3 is 4.74 Å². The molecule has 3 aromatic heterocycles. The predicted molar refractivity (Wildman–Crippen MR) is 123 cm³/mol. The molecule has 162 valence electrons. The van der Waals surface area contributed by atoms with E-state index in [1.54, 1.807) is 23.3 Å².